The van der Waals surface area contributed by atoms with E-state index in [1.54, 1.807) is 0 Å². The molecule has 0 aromatic heterocycles. The van der Waals surface area contributed by atoms with Crippen LogP contribution in [-0.2, 0) is 4.79 Å². The average molecular weight is 240 g/mol. The van der Waals surface area contributed by atoms with Crippen LogP contribution in [0.1, 0.15) is 39.0 Å². The number of likely N-dealkylation sites (tertiary alicyclic amines) is 2. The fourth-order valence-electron chi connectivity index (χ4n) is 2.83. The summed E-state index contributed by atoms with van der Waals surface area (Å²) in [6, 6.07) is -0.0646. The van der Waals surface area contributed by atoms with Crippen molar-refractivity contribution in [2.75, 3.05) is 26.2 Å². The van der Waals surface area contributed by atoms with E-state index in [1.807, 2.05) is 11.8 Å². The Labute approximate surface area is 104 Å². The highest BCUT2D eigenvalue weighted by Crippen LogP contribution is 2.16. The highest BCUT2D eigenvalue weighted by molar-refractivity contribution is 5.81. The third-order valence-corrected chi connectivity index (χ3v) is 4.02. The molecular weight excluding hydrogens is 216 g/mol. The van der Waals surface area contributed by atoms with Gasteiger partial charge in [0.25, 0.3) is 0 Å². The molecule has 2 heterocycles. The van der Waals surface area contributed by atoms with E-state index in [0.29, 0.717) is 6.54 Å². The zero-order valence-electron chi connectivity index (χ0n) is 10.8. The number of nitrogens with zero attached hydrogens (tertiary/aromatic N) is 2. The van der Waals surface area contributed by atoms with Crippen LogP contribution >= 0.6 is 0 Å². The first-order valence-electron chi connectivity index (χ1n) is 6.89. The largest absolute Gasteiger partial charge is 0.392 e. The second-order valence-electron chi connectivity index (χ2n) is 5.35. The fraction of sp³-hybridized carbons (Fsp3) is 0.923. The molecule has 0 aliphatic carbocycles. The summed E-state index contributed by atoms with van der Waals surface area (Å²) in [6.45, 7) is 5.31. The van der Waals surface area contributed by atoms with Crippen molar-refractivity contribution in [3.63, 3.8) is 0 Å². The predicted molar refractivity (Wildman–Crippen MR) is 66.7 cm³/mol. The summed E-state index contributed by atoms with van der Waals surface area (Å²) in [5, 5.41) is 9.52. The van der Waals surface area contributed by atoms with Gasteiger partial charge in [-0.3, -0.25) is 9.69 Å². The van der Waals surface area contributed by atoms with E-state index in [9.17, 15) is 9.90 Å². The van der Waals surface area contributed by atoms with Gasteiger partial charge in [0.15, 0.2) is 0 Å². The predicted octanol–water partition coefficient (Wildman–Crippen LogP) is 0.844. The highest BCUT2D eigenvalue weighted by atomic mass is 16.3. The van der Waals surface area contributed by atoms with E-state index in [4.69, 9.17) is 0 Å². The Morgan fingerprint density at radius 3 is 2.35 bits per heavy atom. The third kappa shape index (κ3) is 3.19. The van der Waals surface area contributed by atoms with E-state index in [1.165, 1.54) is 12.8 Å². The number of amides is 1. The lowest BCUT2D eigenvalue weighted by molar-refractivity contribution is -0.136. The van der Waals surface area contributed by atoms with Gasteiger partial charge in [0, 0.05) is 26.2 Å². The van der Waals surface area contributed by atoms with Gasteiger partial charge in [-0.1, -0.05) is 12.8 Å². The second kappa shape index (κ2) is 5.83. The Balaban J connectivity index is 1.89. The quantitative estimate of drug-likeness (QED) is 0.778. The first kappa shape index (κ1) is 12.8. The molecule has 17 heavy (non-hydrogen) atoms. The molecule has 0 radical (unpaired) electrons. The lowest BCUT2D eigenvalue weighted by Crippen LogP contribution is -2.46. The van der Waals surface area contributed by atoms with Crippen molar-refractivity contribution >= 4 is 5.91 Å². The molecule has 1 amide bonds. The van der Waals surface area contributed by atoms with Crippen molar-refractivity contribution in [2.24, 2.45) is 0 Å². The van der Waals surface area contributed by atoms with Gasteiger partial charge < -0.3 is 10.0 Å². The van der Waals surface area contributed by atoms with Crippen LogP contribution < -0.4 is 0 Å². The molecule has 2 aliphatic heterocycles. The number of β-amino-alcohol motifs (C(OH)–C–C–N with tert-alkyl or cyclic N) is 1. The van der Waals surface area contributed by atoms with Crippen molar-refractivity contribution in [2.45, 2.75) is 51.2 Å². The van der Waals surface area contributed by atoms with E-state index in [2.05, 4.69) is 4.90 Å². The summed E-state index contributed by atoms with van der Waals surface area (Å²) < 4.78 is 0. The van der Waals surface area contributed by atoms with Gasteiger partial charge in [0.1, 0.15) is 0 Å². The van der Waals surface area contributed by atoms with Gasteiger partial charge in [-0.25, -0.2) is 0 Å². The molecular formula is C13H24N2O2. The monoisotopic (exact) mass is 240 g/mol. The number of carbonyl (C=O) groups is 1. The van der Waals surface area contributed by atoms with Crippen LogP contribution in [0.25, 0.3) is 0 Å². The maximum absolute atomic E-state index is 12.3. The van der Waals surface area contributed by atoms with Crippen molar-refractivity contribution in [1.29, 1.82) is 0 Å². The van der Waals surface area contributed by atoms with Crippen LogP contribution in [0.2, 0.25) is 0 Å². The molecule has 98 valence electrons. The van der Waals surface area contributed by atoms with Crippen LogP contribution in [0, 0.1) is 0 Å². The molecule has 2 atom stereocenters. The van der Waals surface area contributed by atoms with Crippen LogP contribution in [0.15, 0.2) is 0 Å². The van der Waals surface area contributed by atoms with Crippen molar-refractivity contribution in [3.05, 3.63) is 0 Å². The Morgan fingerprint density at radius 2 is 1.82 bits per heavy atom. The van der Waals surface area contributed by atoms with Gasteiger partial charge in [-0.2, -0.15) is 0 Å². The van der Waals surface area contributed by atoms with Gasteiger partial charge in [0.2, 0.25) is 5.91 Å². The molecule has 1 N–H and O–H groups in total. The Morgan fingerprint density at radius 1 is 1.18 bits per heavy atom. The van der Waals surface area contributed by atoms with E-state index < -0.39 is 0 Å². The Hall–Kier alpha value is -0.610. The van der Waals surface area contributed by atoms with Gasteiger partial charge in [0.05, 0.1) is 12.1 Å². The van der Waals surface area contributed by atoms with E-state index in [-0.39, 0.29) is 18.1 Å². The van der Waals surface area contributed by atoms with Crippen LogP contribution in [0.5, 0.6) is 0 Å². The average Bonchev–Trinajstić information content (AvgIpc) is 2.60. The molecule has 2 saturated heterocycles. The third-order valence-electron chi connectivity index (χ3n) is 4.02. The van der Waals surface area contributed by atoms with Gasteiger partial charge in [-0.05, 0) is 26.2 Å². The molecule has 2 fully saturated rings. The summed E-state index contributed by atoms with van der Waals surface area (Å²) in [4.78, 5) is 16.5. The van der Waals surface area contributed by atoms with Crippen molar-refractivity contribution in [3.8, 4) is 0 Å². The lowest BCUT2D eigenvalue weighted by atomic mass is 10.2. The molecule has 4 nitrogen and oxygen atoms in total. The molecule has 2 unspecified atom stereocenters. The number of rotatable bonds is 2. The summed E-state index contributed by atoms with van der Waals surface area (Å²) in [6.07, 6.45) is 5.34. The minimum Gasteiger partial charge on any atom is -0.392 e. The number of hydrogen-bond donors (Lipinski definition) is 1. The molecule has 0 aromatic carbocycles. The standard InChI is InChI=1S/C13H24N2O2/c1-11(15-9-6-12(16)10-15)13(17)14-7-4-2-3-5-8-14/h11-12,16H,2-10H2,1H3. The number of aliphatic hydroxyl groups excluding tert-OH is 1. The molecule has 0 spiro atoms. The Bertz CT molecular complexity index is 262. The molecule has 0 aromatic rings. The Kier molecular flexibility index (Phi) is 4.40. The number of aliphatic hydroxyl groups is 1. The van der Waals surface area contributed by atoms with Crippen molar-refractivity contribution < 1.29 is 9.90 Å². The fourth-order valence-corrected chi connectivity index (χ4v) is 2.83. The summed E-state index contributed by atoms with van der Waals surface area (Å²) in [7, 11) is 0. The summed E-state index contributed by atoms with van der Waals surface area (Å²) in [5.41, 5.74) is 0. The van der Waals surface area contributed by atoms with Crippen LogP contribution in [-0.4, -0.2) is 59.1 Å². The minimum absolute atomic E-state index is 0.0646. The van der Waals surface area contributed by atoms with Crippen molar-refractivity contribution in [1.82, 2.24) is 9.80 Å². The van der Waals surface area contributed by atoms with Gasteiger partial charge in [-0.15, -0.1) is 0 Å². The minimum atomic E-state index is -0.241. The molecule has 0 saturated carbocycles. The number of carbonyl (C=O) groups excluding carboxylic acids is 1. The summed E-state index contributed by atoms with van der Waals surface area (Å²) in [5.74, 6) is 0.251. The van der Waals surface area contributed by atoms with E-state index >= 15 is 0 Å². The normalized spacial score (nSPS) is 29.1. The molecule has 0 bridgehead atoms. The smallest absolute Gasteiger partial charge is 0.239 e. The SMILES string of the molecule is CC(C(=O)N1CCCCCC1)N1CCC(O)C1. The highest BCUT2D eigenvalue weighted by Gasteiger charge is 2.31. The maximum atomic E-state index is 12.3. The zero-order chi connectivity index (χ0) is 12.3. The van der Waals surface area contributed by atoms with Crippen LogP contribution in [0.3, 0.4) is 0 Å². The summed E-state index contributed by atoms with van der Waals surface area (Å²) >= 11 is 0. The molecule has 4 heteroatoms. The lowest BCUT2D eigenvalue weighted by Gasteiger charge is -2.29. The topological polar surface area (TPSA) is 43.8 Å². The first-order valence-corrected chi connectivity index (χ1v) is 6.89. The maximum Gasteiger partial charge on any atom is 0.239 e. The van der Waals surface area contributed by atoms with Gasteiger partial charge >= 0.3 is 0 Å². The van der Waals surface area contributed by atoms with E-state index in [0.717, 1.165) is 38.9 Å². The molecule has 2 rings (SSSR count). The van der Waals surface area contributed by atoms with Crippen LogP contribution in [0.4, 0.5) is 0 Å². The first-order chi connectivity index (χ1) is 8.18. The second-order valence-corrected chi connectivity index (χ2v) is 5.35. The molecule has 2 aliphatic rings. The zero-order valence-corrected chi connectivity index (χ0v) is 10.8. The number of hydrogen-bond acceptors (Lipinski definition) is 3.